The Morgan fingerprint density at radius 2 is 2.07 bits per heavy atom. The van der Waals surface area contributed by atoms with E-state index in [0.717, 1.165) is 29.8 Å². The molecule has 0 saturated carbocycles. The molecule has 1 rings (SSSR count). The number of benzene rings is 1. The molecule has 1 aromatic rings. The molecule has 0 radical (unpaired) electrons. The van der Waals surface area contributed by atoms with Crippen molar-refractivity contribution in [2.45, 2.75) is 33.1 Å². The lowest BCUT2D eigenvalue weighted by Gasteiger charge is -2.01. The maximum atomic E-state index is 5.94. The van der Waals surface area contributed by atoms with Gasteiger partial charge in [-0.1, -0.05) is 30.7 Å². The predicted octanol–water partition coefficient (Wildman–Crippen LogP) is 3.99. The Morgan fingerprint density at radius 3 is 2.71 bits per heavy atom. The van der Waals surface area contributed by atoms with Gasteiger partial charge in [-0.05, 0) is 30.5 Å². The Kier molecular flexibility index (Phi) is 4.56. The molecule has 0 atom stereocenters. The van der Waals surface area contributed by atoms with Crippen LogP contribution in [0.1, 0.15) is 30.9 Å². The largest absolute Gasteiger partial charge is 0.104 e. The second-order valence-corrected chi connectivity index (χ2v) is 3.70. The molecule has 14 heavy (non-hydrogen) atoms. The van der Waals surface area contributed by atoms with Crippen molar-refractivity contribution < 1.29 is 0 Å². The van der Waals surface area contributed by atoms with E-state index in [1.165, 1.54) is 5.56 Å². The van der Waals surface area contributed by atoms with E-state index in [1.54, 1.807) is 0 Å². The molecule has 0 amide bonds. The van der Waals surface area contributed by atoms with Gasteiger partial charge in [0.2, 0.25) is 0 Å². The molecule has 0 unspecified atom stereocenters. The van der Waals surface area contributed by atoms with E-state index in [1.807, 2.05) is 13.0 Å². The first-order valence-corrected chi connectivity index (χ1v) is 5.32. The summed E-state index contributed by atoms with van der Waals surface area (Å²) in [5.74, 6) is 6.20. The quantitative estimate of drug-likeness (QED) is 0.642. The standard InChI is InChI=1S/C13H15Cl/c1-3-4-5-6-7-12-8-9-13(14)11(2)10-12/h8-10H,3,6-7H2,1-2H3. The summed E-state index contributed by atoms with van der Waals surface area (Å²) in [5, 5.41) is 0.841. The fourth-order valence-electron chi connectivity index (χ4n) is 1.28. The molecule has 0 aliphatic heterocycles. The van der Waals surface area contributed by atoms with Gasteiger partial charge in [-0.2, -0.15) is 0 Å². The minimum Gasteiger partial charge on any atom is -0.104 e. The number of halogens is 1. The fourth-order valence-corrected chi connectivity index (χ4v) is 1.40. The van der Waals surface area contributed by atoms with Gasteiger partial charge < -0.3 is 0 Å². The summed E-state index contributed by atoms with van der Waals surface area (Å²) in [6.07, 6.45) is 2.90. The van der Waals surface area contributed by atoms with Crippen LogP contribution in [0.15, 0.2) is 18.2 Å². The first-order valence-electron chi connectivity index (χ1n) is 4.94. The zero-order chi connectivity index (χ0) is 10.4. The van der Waals surface area contributed by atoms with Crippen molar-refractivity contribution in [1.29, 1.82) is 0 Å². The van der Waals surface area contributed by atoms with Crippen LogP contribution in [-0.2, 0) is 6.42 Å². The second-order valence-electron chi connectivity index (χ2n) is 3.29. The topological polar surface area (TPSA) is 0 Å². The van der Waals surface area contributed by atoms with Crippen molar-refractivity contribution in [2.75, 3.05) is 0 Å². The van der Waals surface area contributed by atoms with Crippen LogP contribution in [0, 0.1) is 18.8 Å². The summed E-state index contributed by atoms with van der Waals surface area (Å²) >= 11 is 5.94. The summed E-state index contributed by atoms with van der Waals surface area (Å²) in [6, 6.07) is 6.17. The third kappa shape index (κ3) is 3.44. The van der Waals surface area contributed by atoms with Crippen LogP contribution in [0.25, 0.3) is 0 Å². The molecule has 74 valence electrons. The molecular weight excluding hydrogens is 192 g/mol. The monoisotopic (exact) mass is 206 g/mol. The molecule has 0 N–H and O–H groups in total. The van der Waals surface area contributed by atoms with E-state index in [-0.39, 0.29) is 0 Å². The van der Waals surface area contributed by atoms with Gasteiger partial charge in [-0.3, -0.25) is 0 Å². The van der Waals surface area contributed by atoms with Crippen LogP contribution >= 0.6 is 11.6 Å². The van der Waals surface area contributed by atoms with Crippen LogP contribution < -0.4 is 0 Å². The maximum absolute atomic E-state index is 5.94. The Morgan fingerprint density at radius 1 is 1.29 bits per heavy atom. The molecule has 0 spiro atoms. The van der Waals surface area contributed by atoms with Gasteiger partial charge in [0.25, 0.3) is 0 Å². The smallest absolute Gasteiger partial charge is 0.0435 e. The van der Waals surface area contributed by atoms with Crippen LogP contribution in [0.3, 0.4) is 0 Å². The third-order valence-corrected chi connectivity index (χ3v) is 2.49. The minimum absolute atomic E-state index is 0.841. The lowest BCUT2D eigenvalue weighted by atomic mass is 10.1. The average Bonchev–Trinajstić information content (AvgIpc) is 2.18. The number of hydrogen-bond acceptors (Lipinski definition) is 0. The van der Waals surface area contributed by atoms with Crippen molar-refractivity contribution in [1.82, 2.24) is 0 Å². The first-order chi connectivity index (χ1) is 6.74. The Balaban J connectivity index is 2.55. The molecule has 0 nitrogen and oxygen atoms in total. The van der Waals surface area contributed by atoms with Crippen molar-refractivity contribution >= 4 is 11.6 Å². The second kappa shape index (κ2) is 5.73. The van der Waals surface area contributed by atoms with Crippen LogP contribution in [0.2, 0.25) is 5.02 Å². The molecular formula is C13H15Cl. The van der Waals surface area contributed by atoms with Crippen molar-refractivity contribution in [3.63, 3.8) is 0 Å². The number of aryl methyl sites for hydroxylation is 2. The highest BCUT2D eigenvalue weighted by atomic mass is 35.5. The fraction of sp³-hybridized carbons (Fsp3) is 0.385. The molecule has 0 aliphatic rings. The van der Waals surface area contributed by atoms with Crippen LogP contribution in [0.5, 0.6) is 0 Å². The Labute approximate surface area is 91.3 Å². The SMILES string of the molecule is CCC#CCCc1ccc(Cl)c(C)c1. The van der Waals surface area contributed by atoms with E-state index in [2.05, 4.69) is 30.9 Å². The van der Waals surface area contributed by atoms with E-state index in [9.17, 15) is 0 Å². The predicted molar refractivity (Wildman–Crippen MR) is 62.6 cm³/mol. The zero-order valence-electron chi connectivity index (χ0n) is 8.73. The van der Waals surface area contributed by atoms with Crippen LogP contribution in [0.4, 0.5) is 0 Å². The molecule has 0 heterocycles. The Hall–Kier alpha value is -0.930. The summed E-state index contributed by atoms with van der Waals surface area (Å²) in [4.78, 5) is 0. The van der Waals surface area contributed by atoms with Crippen molar-refractivity contribution in [2.24, 2.45) is 0 Å². The van der Waals surface area contributed by atoms with Crippen molar-refractivity contribution in [3.8, 4) is 11.8 Å². The molecule has 1 heteroatoms. The molecule has 0 aromatic heterocycles. The van der Waals surface area contributed by atoms with Gasteiger partial charge in [0.1, 0.15) is 0 Å². The highest BCUT2D eigenvalue weighted by Crippen LogP contribution is 2.16. The lowest BCUT2D eigenvalue weighted by Crippen LogP contribution is -1.85. The van der Waals surface area contributed by atoms with E-state index in [4.69, 9.17) is 11.6 Å². The van der Waals surface area contributed by atoms with Gasteiger partial charge in [-0.15, -0.1) is 11.8 Å². The van der Waals surface area contributed by atoms with Gasteiger partial charge in [0.05, 0.1) is 0 Å². The summed E-state index contributed by atoms with van der Waals surface area (Å²) in [6.45, 7) is 4.10. The summed E-state index contributed by atoms with van der Waals surface area (Å²) in [5.41, 5.74) is 2.46. The summed E-state index contributed by atoms with van der Waals surface area (Å²) < 4.78 is 0. The Bertz CT molecular complexity index is 355. The third-order valence-electron chi connectivity index (χ3n) is 2.06. The van der Waals surface area contributed by atoms with E-state index < -0.39 is 0 Å². The van der Waals surface area contributed by atoms with E-state index >= 15 is 0 Å². The van der Waals surface area contributed by atoms with Crippen molar-refractivity contribution in [3.05, 3.63) is 34.3 Å². The van der Waals surface area contributed by atoms with Gasteiger partial charge in [0, 0.05) is 17.9 Å². The molecule has 0 saturated heterocycles. The lowest BCUT2D eigenvalue weighted by molar-refractivity contribution is 1.02. The van der Waals surface area contributed by atoms with E-state index in [0.29, 0.717) is 0 Å². The minimum atomic E-state index is 0.841. The zero-order valence-corrected chi connectivity index (χ0v) is 9.49. The normalized spacial score (nSPS) is 9.36. The number of hydrogen-bond donors (Lipinski definition) is 0. The highest BCUT2D eigenvalue weighted by molar-refractivity contribution is 6.31. The first kappa shape index (κ1) is 11.1. The molecule has 1 aromatic carbocycles. The summed E-state index contributed by atoms with van der Waals surface area (Å²) in [7, 11) is 0. The maximum Gasteiger partial charge on any atom is 0.0435 e. The van der Waals surface area contributed by atoms with Crippen LogP contribution in [-0.4, -0.2) is 0 Å². The average molecular weight is 207 g/mol. The molecule has 0 aliphatic carbocycles. The number of rotatable bonds is 2. The van der Waals surface area contributed by atoms with Gasteiger partial charge >= 0.3 is 0 Å². The van der Waals surface area contributed by atoms with Gasteiger partial charge in [0.15, 0.2) is 0 Å². The molecule has 0 bridgehead atoms. The molecule has 0 fully saturated rings. The highest BCUT2D eigenvalue weighted by Gasteiger charge is 1.96. The van der Waals surface area contributed by atoms with Gasteiger partial charge in [-0.25, -0.2) is 0 Å².